The van der Waals surface area contributed by atoms with Gasteiger partial charge in [0.2, 0.25) is 0 Å². The van der Waals surface area contributed by atoms with E-state index in [1.165, 1.54) is 17.7 Å². The van der Waals surface area contributed by atoms with E-state index in [1.807, 2.05) is 44.3 Å². The fourth-order valence-electron chi connectivity index (χ4n) is 2.83. The molecule has 6 heteroatoms. The molecule has 0 saturated carbocycles. The molecule has 0 amide bonds. The largest absolute Gasteiger partial charge is 0.494 e. The monoisotopic (exact) mass is 396 g/mol. The molecule has 0 aliphatic carbocycles. The van der Waals surface area contributed by atoms with Crippen molar-refractivity contribution in [2.24, 2.45) is 0 Å². The van der Waals surface area contributed by atoms with Gasteiger partial charge >= 0.3 is 0 Å². The fraction of sp³-hybridized carbons (Fsp3) is 0.182. The minimum Gasteiger partial charge on any atom is -0.494 e. The highest BCUT2D eigenvalue weighted by Crippen LogP contribution is 2.22. The van der Waals surface area contributed by atoms with Crippen LogP contribution in [0.25, 0.3) is 0 Å². The molecule has 0 aliphatic heterocycles. The molecule has 28 heavy (non-hydrogen) atoms. The van der Waals surface area contributed by atoms with Crippen molar-refractivity contribution in [3.8, 4) is 5.75 Å². The minimum absolute atomic E-state index is 0.196. The molecule has 3 aromatic rings. The molecule has 0 fully saturated rings. The summed E-state index contributed by atoms with van der Waals surface area (Å²) in [5.41, 5.74) is 2.74. The van der Waals surface area contributed by atoms with Gasteiger partial charge in [0, 0.05) is 25.0 Å². The summed E-state index contributed by atoms with van der Waals surface area (Å²) in [6.45, 7) is 3.20. The first-order valence-electron chi connectivity index (χ1n) is 9.09. The van der Waals surface area contributed by atoms with Gasteiger partial charge in [-0.05, 0) is 61.0 Å². The topological polar surface area (TPSA) is 58.6 Å². The number of benzene rings is 3. The Hall–Kier alpha value is -2.99. The maximum Gasteiger partial charge on any atom is 0.261 e. The third-order valence-electron chi connectivity index (χ3n) is 4.27. The summed E-state index contributed by atoms with van der Waals surface area (Å²) < 4.78 is 33.1. The minimum atomic E-state index is -3.65. The van der Waals surface area contributed by atoms with Crippen molar-refractivity contribution in [2.45, 2.75) is 18.4 Å². The van der Waals surface area contributed by atoms with E-state index in [4.69, 9.17) is 4.74 Å². The zero-order chi connectivity index (χ0) is 20.0. The van der Waals surface area contributed by atoms with E-state index < -0.39 is 10.0 Å². The molecule has 146 valence electrons. The van der Waals surface area contributed by atoms with Gasteiger partial charge in [-0.3, -0.25) is 4.72 Å². The fourth-order valence-corrected chi connectivity index (χ4v) is 3.89. The second kappa shape index (κ2) is 8.80. The quantitative estimate of drug-likeness (QED) is 0.608. The van der Waals surface area contributed by atoms with Crippen LogP contribution in [0.2, 0.25) is 0 Å². The molecule has 1 N–H and O–H groups in total. The van der Waals surface area contributed by atoms with Gasteiger partial charge in [0.1, 0.15) is 5.75 Å². The number of sulfonamides is 1. The summed E-state index contributed by atoms with van der Waals surface area (Å²) in [5, 5.41) is 0. The van der Waals surface area contributed by atoms with Crippen LogP contribution in [0.3, 0.4) is 0 Å². The molecule has 5 nitrogen and oxygen atoms in total. The highest BCUT2D eigenvalue weighted by atomic mass is 32.2. The first-order chi connectivity index (χ1) is 13.5. The van der Waals surface area contributed by atoms with Gasteiger partial charge in [-0.15, -0.1) is 0 Å². The van der Waals surface area contributed by atoms with Gasteiger partial charge in [-0.2, -0.15) is 0 Å². The van der Waals surface area contributed by atoms with Gasteiger partial charge in [-0.25, -0.2) is 8.42 Å². The Bertz CT molecular complexity index is 986. The van der Waals surface area contributed by atoms with Crippen LogP contribution in [0, 0.1) is 0 Å². The van der Waals surface area contributed by atoms with Gasteiger partial charge in [0.05, 0.1) is 11.5 Å². The first-order valence-corrected chi connectivity index (χ1v) is 10.6. The average molecular weight is 397 g/mol. The predicted octanol–water partition coefficient (Wildman–Crippen LogP) is 4.52. The van der Waals surface area contributed by atoms with Gasteiger partial charge < -0.3 is 9.64 Å². The summed E-state index contributed by atoms with van der Waals surface area (Å²) in [6.07, 6.45) is 0. The summed E-state index contributed by atoms with van der Waals surface area (Å²) in [6, 6.07) is 23.9. The highest BCUT2D eigenvalue weighted by Gasteiger charge is 2.14. The molecule has 0 aromatic heterocycles. The number of hydrogen-bond acceptors (Lipinski definition) is 4. The molecule has 3 aromatic carbocycles. The second-order valence-electron chi connectivity index (χ2n) is 6.40. The van der Waals surface area contributed by atoms with Crippen LogP contribution in [0.15, 0.2) is 83.8 Å². The molecule has 0 unspecified atom stereocenters. The van der Waals surface area contributed by atoms with E-state index in [1.54, 1.807) is 24.3 Å². The standard InChI is InChI=1S/C22H24N2O3S/c1-3-27-21-13-15-22(16-14-21)28(25,26)23-19-9-11-20(12-10-19)24(2)17-18-7-5-4-6-8-18/h4-16,23H,3,17H2,1-2H3. The Morgan fingerprint density at radius 1 is 0.893 bits per heavy atom. The Kier molecular flexibility index (Phi) is 6.21. The number of nitrogens with zero attached hydrogens (tertiary/aromatic N) is 1. The van der Waals surface area contributed by atoms with Crippen LogP contribution in [0.5, 0.6) is 5.75 Å². The highest BCUT2D eigenvalue weighted by molar-refractivity contribution is 7.92. The van der Waals surface area contributed by atoms with Crippen LogP contribution in [-0.2, 0) is 16.6 Å². The van der Waals surface area contributed by atoms with Crippen LogP contribution in [0.4, 0.5) is 11.4 Å². The summed E-state index contributed by atoms with van der Waals surface area (Å²) >= 11 is 0. The second-order valence-corrected chi connectivity index (χ2v) is 8.08. The van der Waals surface area contributed by atoms with Crippen molar-refractivity contribution < 1.29 is 13.2 Å². The lowest BCUT2D eigenvalue weighted by Gasteiger charge is -2.20. The lowest BCUT2D eigenvalue weighted by Crippen LogP contribution is -2.16. The lowest BCUT2D eigenvalue weighted by molar-refractivity contribution is 0.340. The predicted molar refractivity (Wildman–Crippen MR) is 113 cm³/mol. The zero-order valence-corrected chi connectivity index (χ0v) is 16.8. The summed E-state index contributed by atoms with van der Waals surface area (Å²) in [7, 11) is -1.64. The zero-order valence-electron chi connectivity index (χ0n) is 16.0. The molecule has 0 radical (unpaired) electrons. The van der Waals surface area contributed by atoms with E-state index in [0.717, 1.165) is 12.2 Å². The first kappa shape index (κ1) is 19.8. The van der Waals surface area contributed by atoms with Crippen LogP contribution < -0.4 is 14.4 Å². The Labute approximate surface area is 166 Å². The Morgan fingerprint density at radius 2 is 1.54 bits per heavy atom. The van der Waals surface area contributed by atoms with E-state index in [2.05, 4.69) is 21.8 Å². The van der Waals surface area contributed by atoms with E-state index in [-0.39, 0.29) is 4.90 Å². The molecule has 0 atom stereocenters. The molecule has 0 bridgehead atoms. The number of anilines is 2. The smallest absolute Gasteiger partial charge is 0.261 e. The summed E-state index contributed by atoms with van der Waals surface area (Å²) in [5.74, 6) is 0.646. The maximum absolute atomic E-state index is 12.6. The normalized spacial score (nSPS) is 11.1. The van der Waals surface area contributed by atoms with Crippen LogP contribution >= 0.6 is 0 Å². The molecule has 0 spiro atoms. The van der Waals surface area contributed by atoms with Crippen molar-refractivity contribution >= 4 is 21.4 Å². The van der Waals surface area contributed by atoms with Crippen molar-refractivity contribution in [3.05, 3.63) is 84.4 Å². The molecule has 0 aliphatic rings. The number of rotatable bonds is 8. The van der Waals surface area contributed by atoms with Gasteiger partial charge in [-0.1, -0.05) is 30.3 Å². The molecule has 0 saturated heterocycles. The molecule has 3 rings (SSSR count). The van der Waals surface area contributed by atoms with E-state index in [9.17, 15) is 8.42 Å². The third-order valence-corrected chi connectivity index (χ3v) is 5.67. The molecule has 0 heterocycles. The SMILES string of the molecule is CCOc1ccc(S(=O)(=O)Nc2ccc(N(C)Cc3ccccc3)cc2)cc1. The number of ether oxygens (including phenoxy) is 1. The van der Waals surface area contributed by atoms with E-state index >= 15 is 0 Å². The third kappa shape index (κ3) is 5.04. The van der Waals surface area contributed by atoms with E-state index in [0.29, 0.717) is 18.0 Å². The Morgan fingerprint density at radius 3 is 2.14 bits per heavy atom. The van der Waals surface area contributed by atoms with Crippen molar-refractivity contribution in [2.75, 3.05) is 23.3 Å². The average Bonchev–Trinajstić information content (AvgIpc) is 2.70. The Balaban J connectivity index is 1.67. The number of hydrogen-bond donors (Lipinski definition) is 1. The van der Waals surface area contributed by atoms with Crippen LogP contribution in [0.1, 0.15) is 12.5 Å². The molecular weight excluding hydrogens is 372 g/mol. The van der Waals surface area contributed by atoms with Crippen molar-refractivity contribution in [1.82, 2.24) is 0 Å². The van der Waals surface area contributed by atoms with Gasteiger partial charge in [0.25, 0.3) is 10.0 Å². The van der Waals surface area contributed by atoms with Crippen molar-refractivity contribution in [1.29, 1.82) is 0 Å². The van der Waals surface area contributed by atoms with Crippen LogP contribution in [-0.4, -0.2) is 22.1 Å². The van der Waals surface area contributed by atoms with Crippen molar-refractivity contribution in [3.63, 3.8) is 0 Å². The summed E-state index contributed by atoms with van der Waals surface area (Å²) in [4.78, 5) is 2.31. The van der Waals surface area contributed by atoms with Gasteiger partial charge in [0.15, 0.2) is 0 Å². The number of nitrogens with one attached hydrogen (secondary N) is 1. The maximum atomic E-state index is 12.6. The molecular formula is C22H24N2O3S. The lowest BCUT2D eigenvalue weighted by atomic mass is 10.2.